The molecule has 0 fully saturated rings. The summed E-state index contributed by atoms with van der Waals surface area (Å²) < 4.78 is 0. The van der Waals surface area contributed by atoms with Crippen LogP contribution in [0.3, 0.4) is 0 Å². The minimum Gasteiger partial charge on any atom is -0.362 e. The molecule has 154 valence electrons. The van der Waals surface area contributed by atoms with Crippen molar-refractivity contribution in [3.05, 3.63) is 64.1 Å². The number of hydrogen-bond donors (Lipinski definition) is 1. The molecule has 2 unspecified atom stereocenters. The normalized spacial score (nSPS) is 29.1. The Hall–Kier alpha value is -2.89. The number of allylic oxidation sites excluding steroid dienone is 3. The summed E-state index contributed by atoms with van der Waals surface area (Å²) in [6, 6.07) is 8.54. The summed E-state index contributed by atoms with van der Waals surface area (Å²) in [5, 5.41) is 20.6. The number of benzene rings is 1. The van der Waals surface area contributed by atoms with Gasteiger partial charge in [0.15, 0.2) is 11.9 Å². The third kappa shape index (κ3) is 2.66. The first-order valence-electron chi connectivity index (χ1n) is 10.7. The molecule has 0 aromatic heterocycles. The maximum absolute atomic E-state index is 13.6. The smallest absolute Gasteiger partial charge is 0.165 e. The van der Waals surface area contributed by atoms with Gasteiger partial charge in [-0.05, 0) is 36.3 Å². The average Bonchev–Trinajstić information content (AvgIpc) is 3.36. The Kier molecular flexibility index (Phi) is 4.17. The fourth-order valence-electron chi connectivity index (χ4n) is 5.63. The molecule has 6 nitrogen and oxygen atoms in total. The Morgan fingerprint density at radius 1 is 1.23 bits per heavy atom. The van der Waals surface area contributed by atoms with E-state index in [-0.39, 0.29) is 17.4 Å². The lowest BCUT2D eigenvalue weighted by Crippen LogP contribution is -2.51. The number of carbonyl (C=O) groups excluding carboxylic acids is 1. The first-order chi connectivity index (χ1) is 14.4. The minimum atomic E-state index is -0.518. The summed E-state index contributed by atoms with van der Waals surface area (Å²) in [6.45, 7) is 9.10. The van der Waals surface area contributed by atoms with Crippen LogP contribution in [-0.2, 0) is 10.2 Å². The van der Waals surface area contributed by atoms with Gasteiger partial charge in [-0.25, -0.2) is 0 Å². The highest BCUT2D eigenvalue weighted by molar-refractivity contribution is 6.01. The standard InChI is InChI=1S/C24H27N5O/c1-5-24(17-8-6-7-15(9-17)16-12-25-26-13-16)20-14(2)28-29-22(20)27-18-10-23(3,4)11-19(30)21(18)24/h6-9,12,22,27H,5,10-11,13H2,1-4H3. The van der Waals surface area contributed by atoms with Gasteiger partial charge in [0.25, 0.3) is 0 Å². The fraction of sp³-hybridized carbons (Fsp3) is 0.458. The van der Waals surface area contributed by atoms with Gasteiger partial charge < -0.3 is 5.32 Å². The van der Waals surface area contributed by atoms with Gasteiger partial charge in [0.2, 0.25) is 0 Å². The van der Waals surface area contributed by atoms with Crippen LogP contribution >= 0.6 is 0 Å². The largest absolute Gasteiger partial charge is 0.362 e. The number of Topliss-reactive ketones (excluding diaryl/α,β-unsaturated/α-hetero) is 1. The first-order valence-corrected chi connectivity index (χ1v) is 10.7. The predicted molar refractivity (Wildman–Crippen MR) is 116 cm³/mol. The Morgan fingerprint density at radius 3 is 2.80 bits per heavy atom. The monoisotopic (exact) mass is 401 g/mol. The van der Waals surface area contributed by atoms with Gasteiger partial charge >= 0.3 is 0 Å². The van der Waals surface area contributed by atoms with E-state index in [1.165, 1.54) is 0 Å². The number of rotatable bonds is 3. The SMILES string of the molecule is CCC1(c2cccc(C3=CN=NC3)c2)C2=C(CC(C)(C)CC2=O)NC2N=NC(C)=C21. The molecule has 0 radical (unpaired) electrons. The maximum Gasteiger partial charge on any atom is 0.165 e. The van der Waals surface area contributed by atoms with Crippen LogP contribution in [0.2, 0.25) is 0 Å². The molecule has 3 aliphatic heterocycles. The van der Waals surface area contributed by atoms with E-state index in [2.05, 4.69) is 70.8 Å². The van der Waals surface area contributed by atoms with Crippen LogP contribution in [0.15, 0.2) is 73.5 Å². The molecular weight excluding hydrogens is 374 g/mol. The van der Waals surface area contributed by atoms with Crippen molar-refractivity contribution < 1.29 is 4.79 Å². The van der Waals surface area contributed by atoms with E-state index in [4.69, 9.17) is 0 Å². The van der Waals surface area contributed by atoms with E-state index in [1.807, 2.05) is 13.1 Å². The van der Waals surface area contributed by atoms with Crippen LogP contribution in [0.25, 0.3) is 5.57 Å². The molecule has 0 bridgehead atoms. The second-order valence-electron chi connectivity index (χ2n) is 9.46. The number of fused-ring (bicyclic) bond motifs is 1. The Balaban J connectivity index is 1.76. The Labute approximate surface area is 177 Å². The molecule has 1 aromatic carbocycles. The summed E-state index contributed by atoms with van der Waals surface area (Å²) >= 11 is 0. The van der Waals surface area contributed by atoms with Gasteiger partial charge in [-0.2, -0.15) is 20.5 Å². The lowest BCUT2D eigenvalue weighted by Gasteiger charge is -2.48. The van der Waals surface area contributed by atoms with Crippen molar-refractivity contribution in [2.24, 2.45) is 25.9 Å². The molecule has 6 heteroatoms. The van der Waals surface area contributed by atoms with Crippen LogP contribution in [-0.4, -0.2) is 18.5 Å². The molecule has 1 N–H and O–H groups in total. The fourth-order valence-corrected chi connectivity index (χ4v) is 5.63. The number of azo groups is 2. The highest BCUT2D eigenvalue weighted by atomic mass is 16.1. The maximum atomic E-state index is 13.6. The van der Waals surface area contributed by atoms with E-state index < -0.39 is 5.41 Å². The summed E-state index contributed by atoms with van der Waals surface area (Å²) in [6.07, 6.45) is 3.81. The molecule has 5 rings (SSSR count). The van der Waals surface area contributed by atoms with Crippen LogP contribution in [0.5, 0.6) is 0 Å². The summed E-state index contributed by atoms with van der Waals surface area (Å²) in [5.74, 6) is 0.233. The molecule has 0 amide bonds. The summed E-state index contributed by atoms with van der Waals surface area (Å²) in [5.41, 5.74) is 6.73. The van der Waals surface area contributed by atoms with Crippen molar-refractivity contribution in [3.63, 3.8) is 0 Å². The zero-order chi connectivity index (χ0) is 21.1. The lowest BCUT2D eigenvalue weighted by atomic mass is 9.58. The number of nitrogens with zero attached hydrogens (tertiary/aromatic N) is 4. The van der Waals surface area contributed by atoms with E-state index >= 15 is 0 Å². The van der Waals surface area contributed by atoms with Gasteiger partial charge in [-0.3, -0.25) is 4.79 Å². The van der Waals surface area contributed by atoms with E-state index in [0.717, 1.165) is 52.1 Å². The molecule has 0 spiro atoms. The zero-order valence-electron chi connectivity index (χ0n) is 18.0. The average molecular weight is 402 g/mol. The number of nitrogens with one attached hydrogen (secondary N) is 1. The third-order valence-electron chi connectivity index (χ3n) is 6.85. The van der Waals surface area contributed by atoms with Crippen LogP contribution < -0.4 is 5.32 Å². The second kappa shape index (κ2) is 6.56. The van der Waals surface area contributed by atoms with E-state index in [0.29, 0.717) is 13.0 Å². The third-order valence-corrected chi connectivity index (χ3v) is 6.85. The van der Waals surface area contributed by atoms with Crippen molar-refractivity contribution in [3.8, 4) is 0 Å². The molecule has 0 saturated carbocycles. The van der Waals surface area contributed by atoms with Crippen molar-refractivity contribution in [1.82, 2.24) is 5.32 Å². The Morgan fingerprint density at radius 2 is 2.07 bits per heavy atom. The molecule has 1 aromatic rings. The van der Waals surface area contributed by atoms with Crippen molar-refractivity contribution in [1.29, 1.82) is 0 Å². The van der Waals surface area contributed by atoms with Crippen LogP contribution in [0, 0.1) is 5.41 Å². The molecule has 3 heterocycles. The lowest BCUT2D eigenvalue weighted by molar-refractivity contribution is -0.119. The molecule has 1 aliphatic carbocycles. The van der Waals surface area contributed by atoms with E-state index in [9.17, 15) is 4.79 Å². The van der Waals surface area contributed by atoms with Gasteiger partial charge in [0.05, 0.1) is 23.9 Å². The molecular formula is C24H27N5O. The van der Waals surface area contributed by atoms with Crippen molar-refractivity contribution in [2.75, 3.05) is 6.54 Å². The number of carbonyl (C=O) groups is 1. The molecule has 4 aliphatic rings. The van der Waals surface area contributed by atoms with Gasteiger partial charge in [0, 0.05) is 28.8 Å². The van der Waals surface area contributed by atoms with Crippen molar-refractivity contribution in [2.45, 2.75) is 58.5 Å². The molecule has 30 heavy (non-hydrogen) atoms. The second-order valence-corrected chi connectivity index (χ2v) is 9.46. The number of hydrogen-bond acceptors (Lipinski definition) is 6. The van der Waals surface area contributed by atoms with Gasteiger partial charge in [0.1, 0.15) is 0 Å². The topological polar surface area (TPSA) is 78.5 Å². The molecule has 2 atom stereocenters. The summed E-state index contributed by atoms with van der Waals surface area (Å²) in [7, 11) is 0. The number of ketones is 1. The zero-order valence-corrected chi connectivity index (χ0v) is 18.0. The quantitative estimate of drug-likeness (QED) is 0.730. The molecule has 0 saturated heterocycles. The highest BCUT2D eigenvalue weighted by Crippen LogP contribution is 2.55. The van der Waals surface area contributed by atoms with Crippen molar-refractivity contribution >= 4 is 11.4 Å². The Bertz CT molecular complexity index is 1100. The minimum absolute atomic E-state index is 0.0616. The van der Waals surface area contributed by atoms with Gasteiger partial charge in [-0.1, -0.05) is 45.0 Å². The van der Waals surface area contributed by atoms with E-state index in [1.54, 1.807) is 0 Å². The highest BCUT2D eigenvalue weighted by Gasteiger charge is 2.53. The van der Waals surface area contributed by atoms with Crippen LogP contribution in [0.1, 0.15) is 58.1 Å². The predicted octanol–water partition coefficient (Wildman–Crippen LogP) is 5.45. The van der Waals surface area contributed by atoms with Crippen LogP contribution in [0.4, 0.5) is 0 Å². The summed E-state index contributed by atoms with van der Waals surface area (Å²) in [4.78, 5) is 13.6. The first kappa shape index (κ1) is 19.1. The van der Waals surface area contributed by atoms with Gasteiger partial charge in [-0.15, -0.1) is 0 Å².